The van der Waals surface area contributed by atoms with Gasteiger partial charge in [0.25, 0.3) is 0 Å². The minimum atomic E-state index is -5.02. The molecule has 1 radical (unpaired) electrons. The highest BCUT2D eigenvalue weighted by Crippen LogP contribution is 2.13. The van der Waals surface area contributed by atoms with Crippen molar-refractivity contribution in [2.24, 2.45) is 0 Å². The zero-order chi connectivity index (χ0) is 8.36. The predicted molar refractivity (Wildman–Crippen MR) is 24.6 cm³/mol. The lowest BCUT2D eigenvalue weighted by atomic mass is 10.5. The van der Waals surface area contributed by atoms with Crippen molar-refractivity contribution in [3.05, 3.63) is 6.92 Å². The average molecular weight is 154 g/mol. The van der Waals surface area contributed by atoms with Crippen molar-refractivity contribution >= 4 is 11.8 Å². The van der Waals surface area contributed by atoms with Gasteiger partial charge in [0, 0.05) is 6.92 Å². The highest BCUT2D eigenvalue weighted by atomic mass is 19.4. The molecule has 0 bridgehead atoms. The molecule has 0 aromatic rings. The third kappa shape index (κ3) is 3.06. The number of carbonyl (C=O) groups excluding carboxylic acids is 2. The molecule has 0 atom stereocenters. The van der Waals surface area contributed by atoms with Crippen LogP contribution in [0.2, 0.25) is 0 Å². The molecule has 0 heterocycles. The monoisotopic (exact) mass is 154 g/mol. The van der Waals surface area contributed by atoms with Crippen LogP contribution in [-0.4, -0.2) is 18.0 Å². The largest absolute Gasteiger partial charge is 0.471 e. The Bertz CT molecular complexity index is 162. The number of imide groups is 1. The summed E-state index contributed by atoms with van der Waals surface area (Å²) in [4.78, 5) is 19.5. The molecule has 1 N–H and O–H groups in total. The molecular weight excluding hydrogens is 151 g/mol. The van der Waals surface area contributed by atoms with E-state index in [0.717, 1.165) is 5.32 Å². The lowest BCUT2D eigenvalue weighted by Gasteiger charge is -2.02. The molecule has 0 saturated carbocycles. The van der Waals surface area contributed by atoms with Gasteiger partial charge in [-0.25, -0.2) is 0 Å². The normalized spacial score (nSPS) is 10.8. The summed E-state index contributed by atoms with van der Waals surface area (Å²) >= 11 is 0. The number of nitrogens with one attached hydrogen (secondary N) is 1. The average Bonchev–Trinajstić information content (AvgIpc) is 1.60. The fraction of sp³-hybridized carbons (Fsp3) is 0.250. The maximum Gasteiger partial charge on any atom is 0.471 e. The summed E-state index contributed by atoms with van der Waals surface area (Å²) in [5.41, 5.74) is 0. The molecule has 0 aromatic carbocycles. The molecule has 0 saturated heterocycles. The van der Waals surface area contributed by atoms with E-state index in [4.69, 9.17) is 0 Å². The first-order chi connectivity index (χ1) is 4.34. The Labute approximate surface area is 54.2 Å². The SMILES string of the molecule is [CH2]C(=O)NC(=O)C(F)(F)F. The highest BCUT2D eigenvalue weighted by molar-refractivity contribution is 5.99. The van der Waals surface area contributed by atoms with Crippen LogP contribution in [0, 0.1) is 6.92 Å². The van der Waals surface area contributed by atoms with Gasteiger partial charge < -0.3 is 0 Å². The van der Waals surface area contributed by atoms with Gasteiger partial charge in [0.1, 0.15) is 0 Å². The van der Waals surface area contributed by atoms with Crippen LogP contribution in [-0.2, 0) is 9.59 Å². The summed E-state index contributed by atoms with van der Waals surface area (Å²) in [6.07, 6.45) is -5.02. The Balaban J connectivity index is 3.99. The zero-order valence-corrected chi connectivity index (χ0v) is 4.66. The Morgan fingerprint density at radius 2 is 1.70 bits per heavy atom. The van der Waals surface area contributed by atoms with Gasteiger partial charge in [-0.3, -0.25) is 14.9 Å². The van der Waals surface area contributed by atoms with Gasteiger partial charge in [0.15, 0.2) is 0 Å². The minimum absolute atomic E-state index is 0.969. The van der Waals surface area contributed by atoms with E-state index in [-0.39, 0.29) is 0 Å². The van der Waals surface area contributed by atoms with Crippen LogP contribution >= 0.6 is 0 Å². The summed E-state index contributed by atoms with van der Waals surface area (Å²) in [7, 11) is 0. The van der Waals surface area contributed by atoms with Crippen molar-refractivity contribution in [1.82, 2.24) is 5.32 Å². The summed E-state index contributed by atoms with van der Waals surface area (Å²) in [6.45, 7) is 2.52. The van der Waals surface area contributed by atoms with Crippen LogP contribution in [0.25, 0.3) is 0 Å². The number of carbonyl (C=O) groups is 2. The van der Waals surface area contributed by atoms with Crippen molar-refractivity contribution in [1.29, 1.82) is 0 Å². The number of amides is 2. The summed E-state index contributed by atoms with van der Waals surface area (Å²) < 4.78 is 33.7. The van der Waals surface area contributed by atoms with E-state index >= 15 is 0 Å². The van der Waals surface area contributed by atoms with Crippen LogP contribution in [0.15, 0.2) is 0 Å². The molecule has 6 heteroatoms. The Morgan fingerprint density at radius 3 is 1.80 bits per heavy atom. The molecule has 0 rings (SSSR count). The van der Waals surface area contributed by atoms with Crippen molar-refractivity contribution < 1.29 is 22.8 Å². The fourth-order valence-electron chi connectivity index (χ4n) is 0.197. The molecule has 0 aromatic heterocycles. The molecule has 0 aliphatic carbocycles. The van der Waals surface area contributed by atoms with Gasteiger partial charge in [-0.05, 0) is 0 Å². The predicted octanol–water partition coefficient (Wildman–Crippen LogP) is 0.0256. The molecule has 0 fully saturated rings. The quantitative estimate of drug-likeness (QED) is 0.534. The van der Waals surface area contributed by atoms with Gasteiger partial charge in [0.2, 0.25) is 5.91 Å². The number of hydrogen-bond donors (Lipinski definition) is 1. The third-order valence-corrected chi connectivity index (χ3v) is 0.510. The molecule has 0 aliphatic heterocycles. The molecule has 57 valence electrons. The maximum absolute atomic E-state index is 11.2. The number of hydrogen-bond acceptors (Lipinski definition) is 2. The van der Waals surface area contributed by atoms with Gasteiger partial charge in [-0.2, -0.15) is 13.2 Å². The van der Waals surface area contributed by atoms with Crippen LogP contribution in [0.1, 0.15) is 0 Å². The lowest BCUT2D eigenvalue weighted by Crippen LogP contribution is -2.39. The van der Waals surface area contributed by atoms with Gasteiger partial charge in [0.05, 0.1) is 0 Å². The van der Waals surface area contributed by atoms with Crippen LogP contribution in [0.4, 0.5) is 13.2 Å². The summed E-state index contributed by atoms with van der Waals surface area (Å²) in [5, 5.41) is 0.969. The molecular formula is C4H3F3NO2. The second-order valence-electron chi connectivity index (χ2n) is 1.38. The van der Waals surface area contributed by atoms with E-state index in [1.165, 1.54) is 0 Å². The van der Waals surface area contributed by atoms with Gasteiger partial charge >= 0.3 is 12.1 Å². The smallest absolute Gasteiger partial charge is 0.289 e. The van der Waals surface area contributed by atoms with Crippen LogP contribution < -0.4 is 5.32 Å². The van der Waals surface area contributed by atoms with E-state index in [0.29, 0.717) is 0 Å². The van der Waals surface area contributed by atoms with E-state index < -0.39 is 18.0 Å². The van der Waals surface area contributed by atoms with E-state index in [1.807, 2.05) is 0 Å². The van der Waals surface area contributed by atoms with E-state index in [1.54, 1.807) is 0 Å². The second kappa shape index (κ2) is 2.68. The third-order valence-electron chi connectivity index (χ3n) is 0.510. The first kappa shape index (κ1) is 8.93. The van der Waals surface area contributed by atoms with Gasteiger partial charge in [-0.1, -0.05) is 0 Å². The molecule has 0 spiro atoms. The number of alkyl halides is 3. The summed E-state index contributed by atoms with van der Waals surface area (Å²) in [5.74, 6) is -3.57. The molecule has 0 aliphatic rings. The van der Waals surface area contributed by atoms with Crippen molar-refractivity contribution in [3.63, 3.8) is 0 Å². The van der Waals surface area contributed by atoms with Gasteiger partial charge in [-0.15, -0.1) is 0 Å². The topological polar surface area (TPSA) is 46.2 Å². The minimum Gasteiger partial charge on any atom is -0.289 e. The van der Waals surface area contributed by atoms with E-state index in [2.05, 4.69) is 6.92 Å². The standard InChI is InChI=1S/C4H3F3NO2/c1-2(9)8-3(10)4(5,6)7/h1H2,(H,8,9,10). The zero-order valence-electron chi connectivity index (χ0n) is 4.66. The first-order valence-corrected chi connectivity index (χ1v) is 2.08. The number of halogens is 3. The van der Waals surface area contributed by atoms with Crippen molar-refractivity contribution in [3.8, 4) is 0 Å². The van der Waals surface area contributed by atoms with Crippen molar-refractivity contribution in [2.75, 3.05) is 0 Å². The fourth-order valence-corrected chi connectivity index (χ4v) is 0.197. The summed E-state index contributed by atoms with van der Waals surface area (Å²) in [6, 6.07) is 0. The maximum atomic E-state index is 11.2. The van der Waals surface area contributed by atoms with Crippen molar-refractivity contribution in [2.45, 2.75) is 6.18 Å². The molecule has 0 unspecified atom stereocenters. The van der Waals surface area contributed by atoms with Crippen LogP contribution in [0.3, 0.4) is 0 Å². The van der Waals surface area contributed by atoms with E-state index in [9.17, 15) is 22.8 Å². The Kier molecular flexibility index (Phi) is 2.39. The number of rotatable bonds is 0. The highest BCUT2D eigenvalue weighted by Gasteiger charge is 2.39. The molecule has 3 nitrogen and oxygen atoms in total. The molecule has 10 heavy (non-hydrogen) atoms. The lowest BCUT2D eigenvalue weighted by molar-refractivity contribution is -0.174. The first-order valence-electron chi connectivity index (χ1n) is 2.08. The molecule has 2 amide bonds. The second-order valence-corrected chi connectivity index (χ2v) is 1.38. The van der Waals surface area contributed by atoms with Crippen LogP contribution in [0.5, 0.6) is 0 Å². The Hall–Kier alpha value is -1.07. The Morgan fingerprint density at radius 1 is 1.30 bits per heavy atom.